The van der Waals surface area contributed by atoms with E-state index in [0.717, 1.165) is 0 Å². The van der Waals surface area contributed by atoms with E-state index in [1.165, 1.54) is 10.6 Å². The van der Waals surface area contributed by atoms with E-state index < -0.39 is 5.97 Å². The number of nitrogens with zero attached hydrogens (tertiary/aromatic N) is 2. The molecule has 5 heteroatoms. The zero-order valence-electron chi connectivity index (χ0n) is 9.47. The molecular weight excluding hydrogens is 208 g/mol. The van der Waals surface area contributed by atoms with Gasteiger partial charge in [-0.1, -0.05) is 13.8 Å². The molecule has 0 fully saturated rings. The number of carboxylic acids is 1. The quantitative estimate of drug-likeness (QED) is 0.844. The Hall–Kier alpha value is -2.04. The Balaban J connectivity index is 0.000000606. The van der Waals surface area contributed by atoms with Crippen molar-refractivity contribution in [2.75, 3.05) is 7.11 Å². The van der Waals surface area contributed by atoms with Gasteiger partial charge in [0.2, 0.25) is 0 Å². The van der Waals surface area contributed by atoms with Crippen molar-refractivity contribution in [3.63, 3.8) is 0 Å². The van der Waals surface area contributed by atoms with Gasteiger partial charge < -0.3 is 9.84 Å². The van der Waals surface area contributed by atoms with E-state index in [2.05, 4.69) is 4.98 Å². The van der Waals surface area contributed by atoms with Gasteiger partial charge in [0.15, 0.2) is 5.69 Å². The number of imidazole rings is 1. The molecule has 2 rings (SSSR count). The summed E-state index contributed by atoms with van der Waals surface area (Å²) in [5, 5.41) is 8.81. The highest BCUT2D eigenvalue weighted by atomic mass is 16.5. The first-order chi connectivity index (χ1) is 7.72. The zero-order valence-corrected chi connectivity index (χ0v) is 9.47. The molecule has 0 radical (unpaired) electrons. The van der Waals surface area contributed by atoms with Crippen molar-refractivity contribution in [2.24, 2.45) is 0 Å². The molecule has 0 aliphatic heterocycles. The summed E-state index contributed by atoms with van der Waals surface area (Å²) in [6, 6.07) is 3.35. The second-order valence-corrected chi connectivity index (χ2v) is 2.74. The fourth-order valence-corrected chi connectivity index (χ4v) is 1.25. The summed E-state index contributed by atoms with van der Waals surface area (Å²) in [4.78, 5) is 14.7. The van der Waals surface area contributed by atoms with Crippen LogP contribution < -0.4 is 4.74 Å². The van der Waals surface area contributed by atoms with E-state index in [-0.39, 0.29) is 5.69 Å². The number of hydrogen-bond donors (Lipinski definition) is 1. The number of aromatic nitrogens is 2. The number of fused-ring (bicyclic) bond motifs is 1. The first-order valence-electron chi connectivity index (χ1n) is 4.97. The van der Waals surface area contributed by atoms with Gasteiger partial charge in [-0.25, -0.2) is 9.78 Å². The highest BCUT2D eigenvalue weighted by Gasteiger charge is 2.09. The SMILES string of the molecule is CC.COc1ccn2c(C(=O)O)cnc2c1. The Morgan fingerprint density at radius 2 is 2.19 bits per heavy atom. The third kappa shape index (κ3) is 2.13. The molecule has 0 aliphatic carbocycles. The van der Waals surface area contributed by atoms with Crippen LogP contribution in [0.2, 0.25) is 0 Å². The Labute approximate surface area is 93.3 Å². The van der Waals surface area contributed by atoms with E-state index in [1.54, 1.807) is 25.4 Å². The second-order valence-electron chi connectivity index (χ2n) is 2.74. The molecule has 2 aromatic rings. The smallest absolute Gasteiger partial charge is 0.354 e. The van der Waals surface area contributed by atoms with Crippen LogP contribution in [0.15, 0.2) is 24.5 Å². The molecule has 1 N–H and O–H groups in total. The third-order valence-corrected chi connectivity index (χ3v) is 1.94. The monoisotopic (exact) mass is 222 g/mol. The van der Waals surface area contributed by atoms with Gasteiger partial charge in [0, 0.05) is 12.3 Å². The first kappa shape index (κ1) is 12.0. The summed E-state index contributed by atoms with van der Waals surface area (Å²) >= 11 is 0. The number of methoxy groups -OCH3 is 1. The molecule has 2 aromatic heterocycles. The number of pyridine rings is 1. The van der Waals surface area contributed by atoms with Crippen molar-refractivity contribution < 1.29 is 14.6 Å². The number of hydrogen-bond acceptors (Lipinski definition) is 3. The van der Waals surface area contributed by atoms with Gasteiger partial charge in [0.25, 0.3) is 0 Å². The average Bonchev–Trinajstić information content (AvgIpc) is 2.74. The van der Waals surface area contributed by atoms with Crippen LogP contribution in [-0.2, 0) is 0 Å². The number of rotatable bonds is 2. The molecule has 0 aliphatic rings. The normalized spacial score (nSPS) is 9.44. The molecule has 0 saturated carbocycles. The average molecular weight is 222 g/mol. The maximum Gasteiger partial charge on any atom is 0.354 e. The lowest BCUT2D eigenvalue weighted by Gasteiger charge is -2.00. The molecule has 0 bridgehead atoms. The summed E-state index contributed by atoms with van der Waals surface area (Å²) in [7, 11) is 1.55. The maximum absolute atomic E-state index is 10.7. The van der Waals surface area contributed by atoms with Gasteiger partial charge >= 0.3 is 5.97 Å². The van der Waals surface area contributed by atoms with Crippen LogP contribution >= 0.6 is 0 Å². The summed E-state index contributed by atoms with van der Waals surface area (Å²) in [6.45, 7) is 4.00. The summed E-state index contributed by atoms with van der Waals surface area (Å²) in [5.74, 6) is -0.345. The standard InChI is InChI=1S/C9H8N2O3.C2H6/c1-14-6-2-3-11-7(9(12)13)5-10-8(11)4-6;1-2/h2-5H,1H3,(H,12,13);1-2H3. The van der Waals surface area contributed by atoms with Crippen LogP contribution in [0.1, 0.15) is 24.3 Å². The molecular formula is C11H14N2O3. The lowest BCUT2D eigenvalue weighted by atomic mass is 10.4. The fraction of sp³-hybridized carbons (Fsp3) is 0.273. The van der Waals surface area contributed by atoms with Gasteiger partial charge in [-0.3, -0.25) is 4.40 Å². The van der Waals surface area contributed by atoms with Crippen LogP contribution in [0.5, 0.6) is 5.75 Å². The Bertz CT molecular complexity index is 491. The molecule has 86 valence electrons. The van der Waals surface area contributed by atoms with Crippen molar-refractivity contribution in [3.05, 3.63) is 30.2 Å². The maximum atomic E-state index is 10.7. The van der Waals surface area contributed by atoms with Crippen LogP contribution in [0, 0.1) is 0 Å². The summed E-state index contributed by atoms with van der Waals surface area (Å²) < 4.78 is 6.48. The lowest BCUT2D eigenvalue weighted by Crippen LogP contribution is -2.00. The van der Waals surface area contributed by atoms with Gasteiger partial charge in [0.05, 0.1) is 13.3 Å². The van der Waals surface area contributed by atoms with Gasteiger partial charge in [0.1, 0.15) is 11.4 Å². The van der Waals surface area contributed by atoms with Crippen LogP contribution in [0.25, 0.3) is 5.65 Å². The predicted molar refractivity (Wildman–Crippen MR) is 60.1 cm³/mol. The molecule has 0 aromatic carbocycles. The molecule has 0 amide bonds. The van der Waals surface area contributed by atoms with Crippen molar-refractivity contribution >= 4 is 11.6 Å². The Morgan fingerprint density at radius 3 is 2.75 bits per heavy atom. The highest BCUT2D eigenvalue weighted by molar-refractivity contribution is 5.86. The summed E-state index contributed by atoms with van der Waals surface area (Å²) in [6.07, 6.45) is 2.93. The first-order valence-corrected chi connectivity index (χ1v) is 4.97. The molecule has 0 saturated heterocycles. The molecule has 0 atom stereocenters. The predicted octanol–water partition coefficient (Wildman–Crippen LogP) is 2.07. The lowest BCUT2D eigenvalue weighted by molar-refractivity contribution is 0.0689. The minimum absolute atomic E-state index is 0.141. The number of carbonyl (C=O) groups is 1. The van der Waals surface area contributed by atoms with Gasteiger partial charge in [-0.15, -0.1) is 0 Å². The molecule has 16 heavy (non-hydrogen) atoms. The van der Waals surface area contributed by atoms with Crippen LogP contribution in [0.4, 0.5) is 0 Å². The van der Waals surface area contributed by atoms with Crippen LogP contribution in [0.3, 0.4) is 0 Å². The van der Waals surface area contributed by atoms with E-state index in [4.69, 9.17) is 9.84 Å². The minimum atomic E-state index is -0.998. The van der Waals surface area contributed by atoms with Crippen molar-refractivity contribution in [3.8, 4) is 5.75 Å². The number of ether oxygens (including phenoxy) is 1. The Morgan fingerprint density at radius 1 is 1.50 bits per heavy atom. The topological polar surface area (TPSA) is 63.8 Å². The third-order valence-electron chi connectivity index (χ3n) is 1.94. The second kappa shape index (κ2) is 5.16. The molecule has 5 nitrogen and oxygen atoms in total. The molecule has 2 heterocycles. The van der Waals surface area contributed by atoms with Crippen molar-refractivity contribution in [1.82, 2.24) is 9.38 Å². The van der Waals surface area contributed by atoms with Crippen molar-refractivity contribution in [1.29, 1.82) is 0 Å². The van der Waals surface area contributed by atoms with Crippen LogP contribution in [-0.4, -0.2) is 27.6 Å². The van der Waals surface area contributed by atoms with Gasteiger partial charge in [-0.05, 0) is 6.07 Å². The molecule has 0 unspecified atom stereocenters. The summed E-state index contributed by atoms with van der Waals surface area (Å²) in [5.41, 5.74) is 0.699. The highest BCUT2D eigenvalue weighted by Crippen LogP contribution is 2.14. The number of carboxylic acid groups (broad SMARTS) is 1. The fourth-order valence-electron chi connectivity index (χ4n) is 1.25. The van der Waals surface area contributed by atoms with E-state index in [9.17, 15) is 4.79 Å². The Kier molecular flexibility index (Phi) is 3.88. The molecule has 0 spiro atoms. The van der Waals surface area contributed by atoms with E-state index in [1.807, 2.05) is 13.8 Å². The van der Waals surface area contributed by atoms with E-state index in [0.29, 0.717) is 11.4 Å². The zero-order chi connectivity index (χ0) is 12.1. The van der Waals surface area contributed by atoms with Gasteiger partial charge in [-0.2, -0.15) is 0 Å². The van der Waals surface area contributed by atoms with E-state index >= 15 is 0 Å². The number of aromatic carboxylic acids is 1. The largest absolute Gasteiger partial charge is 0.497 e. The van der Waals surface area contributed by atoms with Crippen molar-refractivity contribution in [2.45, 2.75) is 13.8 Å². The minimum Gasteiger partial charge on any atom is -0.497 e.